The smallest absolute Gasteiger partial charge is 0.249 e. The van der Waals surface area contributed by atoms with Crippen molar-refractivity contribution in [1.29, 1.82) is 0 Å². The molecule has 7 nitrogen and oxygen atoms in total. The lowest BCUT2D eigenvalue weighted by atomic mass is 10.2. The highest BCUT2D eigenvalue weighted by Gasteiger charge is 2.32. The molecule has 0 radical (unpaired) electrons. The van der Waals surface area contributed by atoms with Gasteiger partial charge in [-0.05, 0) is 25.5 Å². The van der Waals surface area contributed by atoms with Gasteiger partial charge in [-0.1, -0.05) is 18.2 Å². The van der Waals surface area contributed by atoms with E-state index in [4.69, 9.17) is 0 Å². The van der Waals surface area contributed by atoms with E-state index in [0.717, 1.165) is 5.69 Å². The van der Waals surface area contributed by atoms with Crippen LogP contribution < -0.4 is 10.2 Å². The van der Waals surface area contributed by atoms with E-state index in [1.807, 2.05) is 42.2 Å². The number of para-hydroxylation sites is 1. The zero-order valence-corrected chi connectivity index (χ0v) is 13.7. The molecule has 1 fully saturated rings. The minimum absolute atomic E-state index is 0.0497. The molecular weight excluding hydrogens is 314 g/mol. The van der Waals surface area contributed by atoms with Gasteiger partial charge in [0.2, 0.25) is 5.95 Å². The minimum Gasteiger partial charge on any atom is -0.351 e. The van der Waals surface area contributed by atoms with Crippen molar-refractivity contribution in [1.82, 2.24) is 15.2 Å². The molecule has 1 aromatic carbocycles. The van der Waals surface area contributed by atoms with E-state index in [0.29, 0.717) is 24.7 Å². The number of rotatable bonds is 5. The molecular formula is C15H19N5O2S. The Bertz CT molecular complexity index is 766. The van der Waals surface area contributed by atoms with Gasteiger partial charge in [0.05, 0.1) is 17.7 Å². The standard InChI is InChI=1S/C15H19N5O2S/c1-2-20(13-8-9-23(21,22)11-13)14-10-16-19-15(18-14)17-12-6-4-3-5-7-12/h3-7,10,13H,2,8-9,11H2,1H3,(H,17,18,19). The van der Waals surface area contributed by atoms with Crippen molar-refractivity contribution in [2.45, 2.75) is 19.4 Å². The van der Waals surface area contributed by atoms with Crippen molar-refractivity contribution in [3.63, 3.8) is 0 Å². The van der Waals surface area contributed by atoms with Crippen LogP contribution in [-0.4, -0.2) is 47.7 Å². The minimum atomic E-state index is -2.94. The summed E-state index contributed by atoms with van der Waals surface area (Å²) in [5, 5.41) is 11.1. The van der Waals surface area contributed by atoms with Crippen molar-refractivity contribution in [2.24, 2.45) is 0 Å². The van der Waals surface area contributed by atoms with Crippen LogP contribution in [0.1, 0.15) is 13.3 Å². The van der Waals surface area contributed by atoms with E-state index in [1.54, 1.807) is 6.20 Å². The molecule has 0 bridgehead atoms. The Morgan fingerprint density at radius 2 is 2.09 bits per heavy atom. The number of nitrogens with zero attached hydrogens (tertiary/aromatic N) is 4. The lowest BCUT2D eigenvalue weighted by Crippen LogP contribution is -2.37. The summed E-state index contributed by atoms with van der Waals surface area (Å²) in [6.45, 7) is 2.65. The second-order valence-electron chi connectivity index (χ2n) is 5.47. The van der Waals surface area contributed by atoms with Gasteiger partial charge < -0.3 is 10.2 Å². The molecule has 0 amide bonds. The van der Waals surface area contributed by atoms with E-state index >= 15 is 0 Å². The van der Waals surface area contributed by atoms with Gasteiger partial charge in [-0.2, -0.15) is 10.1 Å². The third-order valence-electron chi connectivity index (χ3n) is 3.86. The van der Waals surface area contributed by atoms with Crippen molar-refractivity contribution in [3.05, 3.63) is 36.5 Å². The summed E-state index contributed by atoms with van der Waals surface area (Å²) in [7, 11) is -2.94. The average molecular weight is 333 g/mol. The van der Waals surface area contributed by atoms with E-state index in [9.17, 15) is 8.42 Å². The fraction of sp³-hybridized carbons (Fsp3) is 0.400. The molecule has 8 heteroatoms. The highest BCUT2D eigenvalue weighted by Crippen LogP contribution is 2.23. The maximum Gasteiger partial charge on any atom is 0.249 e. The molecule has 0 aliphatic carbocycles. The normalized spacial score (nSPS) is 19.4. The van der Waals surface area contributed by atoms with Gasteiger partial charge in [0.25, 0.3) is 0 Å². The van der Waals surface area contributed by atoms with Crippen LogP contribution >= 0.6 is 0 Å². The first-order valence-corrected chi connectivity index (χ1v) is 9.38. The van der Waals surface area contributed by atoms with Crippen LogP contribution in [0.2, 0.25) is 0 Å². The molecule has 122 valence electrons. The lowest BCUT2D eigenvalue weighted by Gasteiger charge is -2.27. The quantitative estimate of drug-likeness (QED) is 0.889. The molecule has 2 heterocycles. The third kappa shape index (κ3) is 3.76. The zero-order valence-electron chi connectivity index (χ0n) is 12.9. The van der Waals surface area contributed by atoms with Crippen LogP contribution in [0.25, 0.3) is 0 Å². The predicted molar refractivity (Wildman–Crippen MR) is 89.6 cm³/mol. The molecule has 1 unspecified atom stereocenters. The summed E-state index contributed by atoms with van der Waals surface area (Å²) < 4.78 is 23.4. The zero-order chi connectivity index (χ0) is 16.3. The first-order chi connectivity index (χ1) is 11.1. The fourth-order valence-corrected chi connectivity index (χ4v) is 4.50. The molecule has 1 aliphatic heterocycles. The van der Waals surface area contributed by atoms with E-state index < -0.39 is 9.84 Å². The second-order valence-corrected chi connectivity index (χ2v) is 7.70. The van der Waals surface area contributed by atoms with Gasteiger partial charge in [-0.25, -0.2) is 8.42 Å². The number of nitrogens with one attached hydrogen (secondary N) is 1. The number of aromatic nitrogens is 3. The van der Waals surface area contributed by atoms with E-state index in [-0.39, 0.29) is 17.5 Å². The molecule has 1 saturated heterocycles. The van der Waals surface area contributed by atoms with Crippen molar-refractivity contribution >= 4 is 27.3 Å². The summed E-state index contributed by atoms with van der Waals surface area (Å²) in [4.78, 5) is 6.46. The SMILES string of the molecule is CCN(c1cnnc(Nc2ccccc2)n1)C1CCS(=O)(=O)C1. The number of hydrogen-bond donors (Lipinski definition) is 1. The second kappa shape index (κ2) is 6.49. The largest absolute Gasteiger partial charge is 0.351 e. The number of anilines is 3. The third-order valence-corrected chi connectivity index (χ3v) is 5.61. The summed E-state index contributed by atoms with van der Waals surface area (Å²) in [6.07, 6.45) is 2.20. The first kappa shape index (κ1) is 15.7. The van der Waals surface area contributed by atoms with Crippen molar-refractivity contribution < 1.29 is 8.42 Å². The monoisotopic (exact) mass is 333 g/mol. The van der Waals surface area contributed by atoms with Crippen LogP contribution in [0.3, 0.4) is 0 Å². The van der Waals surface area contributed by atoms with Crippen LogP contribution in [0.4, 0.5) is 17.5 Å². The molecule has 1 aromatic heterocycles. The Kier molecular flexibility index (Phi) is 4.42. The number of benzene rings is 1. The Balaban J connectivity index is 1.80. The maximum atomic E-state index is 11.7. The predicted octanol–water partition coefficient (Wildman–Crippen LogP) is 1.63. The van der Waals surface area contributed by atoms with Gasteiger partial charge in [0.15, 0.2) is 15.7 Å². The maximum absolute atomic E-state index is 11.7. The van der Waals surface area contributed by atoms with Crippen molar-refractivity contribution in [2.75, 3.05) is 28.3 Å². The Morgan fingerprint density at radius 1 is 1.30 bits per heavy atom. The molecule has 1 N–H and O–H groups in total. The average Bonchev–Trinajstić information content (AvgIpc) is 2.89. The summed E-state index contributed by atoms with van der Waals surface area (Å²) in [6, 6.07) is 9.54. The highest BCUT2D eigenvalue weighted by molar-refractivity contribution is 7.91. The Labute approximate surface area is 135 Å². The van der Waals surface area contributed by atoms with E-state index in [2.05, 4.69) is 20.5 Å². The summed E-state index contributed by atoms with van der Waals surface area (Å²) in [5.41, 5.74) is 0.873. The van der Waals surface area contributed by atoms with Crippen LogP contribution in [0.5, 0.6) is 0 Å². The van der Waals surface area contributed by atoms with Gasteiger partial charge in [-0.3, -0.25) is 0 Å². The Morgan fingerprint density at radius 3 is 2.74 bits per heavy atom. The van der Waals surface area contributed by atoms with Crippen LogP contribution in [0, 0.1) is 0 Å². The summed E-state index contributed by atoms with van der Waals surface area (Å²) >= 11 is 0. The lowest BCUT2D eigenvalue weighted by molar-refractivity contribution is 0.599. The molecule has 1 atom stereocenters. The molecule has 3 rings (SSSR count). The highest BCUT2D eigenvalue weighted by atomic mass is 32.2. The fourth-order valence-electron chi connectivity index (χ4n) is 2.77. The molecule has 1 aliphatic rings. The van der Waals surface area contributed by atoms with Gasteiger partial charge in [0, 0.05) is 18.3 Å². The number of sulfone groups is 1. The topological polar surface area (TPSA) is 88.1 Å². The molecule has 23 heavy (non-hydrogen) atoms. The molecule has 0 spiro atoms. The molecule has 0 saturated carbocycles. The molecule has 2 aromatic rings. The van der Waals surface area contributed by atoms with Gasteiger partial charge in [-0.15, -0.1) is 5.10 Å². The Hall–Kier alpha value is -2.22. The van der Waals surface area contributed by atoms with E-state index in [1.165, 1.54) is 0 Å². The summed E-state index contributed by atoms with van der Waals surface area (Å²) in [5.74, 6) is 1.45. The van der Waals surface area contributed by atoms with Crippen molar-refractivity contribution in [3.8, 4) is 0 Å². The van der Waals surface area contributed by atoms with Gasteiger partial charge in [0.1, 0.15) is 0 Å². The van der Waals surface area contributed by atoms with Crippen LogP contribution in [-0.2, 0) is 9.84 Å². The first-order valence-electron chi connectivity index (χ1n) is 7.56. The number of hydrogen-bond acceptors (Lipinski definition) is 7. The van der Waals surface area contributed by atoms with Crippen LogP contribution in [0.15, 0.2) is 36.5 Å². The van der Waals surface area contributed by atoms with Gasteiger partial charge >= 0.3 is 0 Å².